The second-order valence-electron chi connectivity index (χ2n) is 6.98. The van der Waals surface area contributed by atoms with Gasteiger partial charge in [0.15, 0.2) is 11.5 Å². The highest BCUT2D eigenvalue weighted by molar-refractivity contribution is 5.76. The van der Waals surface area contributed by atoms with Crippen LogP contribution in [0.4, 0.5) is 0 Å². The lowest BCUT2D eigenvalue weighted by atomic mass is 10.0. The van der Waals surface area contributed by atoms with Crippen molar-refractivity contribution in [2.75, 3.05) is 33.0 Å². The highest BCUT2D eigenvalue weighted by Gasteiger charge is 2.34. The molecule has 0 amide bonds. The molecule has 27 heavy (non-hydrogen) atoms. The van der Waals surface area contributed by atoms with Crippen LogP contribution in [0.15, 0.2) is 22.7 Å². The zero-order chi connectivity index (χ0) is 19.0. The summed E-state index contributed by atoms with van der Waals surface area (Å²) in [5.41, 5.74) is 2.47. The largest absolute Gasteiger partial charge is 0.480 e. The molecule has 1 aromatic carbocycles. The molecule has 2 aliphatic rings. The molecule has 8 heteroatoms. The van der Waals surface area contributed by atoms with Crippen LogP contribution >= 0.6 is 0 Å². The Balaban J connectivity index is 1.41. The first-order valence-corrected chi connectivity index (χ1v) is 9.03. The van der Waals surface area contributed by atoms with Gasteiger partial charge in [0.25, 0.3) is 0 Å². The van der Waals surface area contributed by atoms with Crippen molar-refractivity contribution in [3.8, 4) is 11.5 Å². The van der Waals surface area contributed by atoms with E-state index in [9.17, 15) is 9.90 Å². The second kappa shape index (κ2) is 7.21. The Morgan fingerprint density at radius 2 is 1.93 bits per heavy atom. The smallest absolute Gasteiger partial charge is 0.325 e. The fraction of sp³-hybridized carbons (Fsp3) is 0.474. The summed E-state index contributed by atoms with van der Waals surface area (Å²) in [5, 5.41) is 13.7. The Morgan fingerprint density at radius 3 is 2.59 bits per heavy atom. The first-order chi connectivity index (χ1) is 13.0. The van der Waals surface area contributed by atoms with E-state index >= 15 is 0 Å². The molecular formula is C19H23N3O5. The Labute approximate surface area is 157 Å². The van der Waals surface area contributed by atoms with Crippen molar-refractivity contribution in [1.29, 1.82) is 0 Å². The summed E-state index contributed by atoms with van der Waals surface area (Å²) in [6, 6.07) is 5.28. The number of aliphatic carboxylic acids is 1. The first-order valence-electron chi connectivity index (χ1n) is 9.03. The van der Waals surface area contributed by atoms with Crippen LogP contribution in [0.5, 0.6) is 11.5 Å². The Morgan fingerprint density at radius 1 is 1.19 bits per heavy atom. The number of rotatable bonds is 5. The number of carbonyl (C=O) groups is 1. The molecule has 0 bridgehead atoms. The number of aryl methyl sites for hydroxylation is 2. The van der Waals surface area contributed by atoms with Crippen molar-refractivity contribution < 1.29 is 23.9 Å². The predicted octanol–water partition coefficient (Wildman–Crippen LogP) is 1.96. The van der Waals surface area contributed by atoms with Crippen molar-refractivity contribution in [3.05, 3.63) is 40.8 Å². The van der Waals surface area contributed by atoms with Crippen LogP contribution in [-0.4, -0.2) is 59.0 Å². The Hall–Kier alpha value is -2.58. The number of nitrogens with zero attached hydrogens (tertiary/aromatic N) is 3. The van der Waals surface area contributed by atoms with E-state index in [-0.39, 0.29) is 6.79 Å². The normalized spacial score (nSPS) is 18.6. The quantitative estimate of drug-likeness (QED) is 0.851. The highest BCUT2D eigenvalue weighted by atomic mass is 16.7. The number of carboxylic acid groups (broad SMARTS) is 1. The summed E-state index contributed by atoms with van der Waals surface area (Å²) in [5.74, 6) is 1.28. The molecule has 0 spiro atoms. The number of hydrogen-bond donors (Lipinski definition) is 1. The van der Waals surface area contributed by atoms with E-state index in [1.165, 1.54) is 0 Å². The molecular weight excluding hydrogens is 350 g/mol. The molecule has 2 aliphatic heterocycles. The van der Waals surface area contributed by atoms with Crippen LogP contribution in [0.25, 0.3) is 0 Å². The number of ether oxygens (including phenoxy) is 2. The zero-order valence-corrected chi connectivity index (χ0v) is 15.5. The van der Waals surface area contributed by atoms with Crippen LogP contribution in [0, 0.1) is 13.8 Å². The van der Waals surface area contributed by atoms with Gasteiger partial charge in [-0.05, 0) is 31.5 Å². The van der Waals surface area contributed by atoms with Gasteiger partial charge in [-0.1, -0.05) is 11.2 Å². The summed E-state index contributed by atoms with van der Waals surface area (Å²) in [7, 11) is 0. The maximum Gasteiger partial charge on any atom is 0.325 e. The molecule has 0 unspecified atom stereocenters. The lowest BCUT2D eigenvalue weighted by molar-refractivity contribution is -0.144. The summed E-state index contributed by atoms with van der Waals surface area (Å²) in [6.45, 7) is 7.56. The number of piperazine rings is 1. The van der Waals surface area contributed by atoms with Crippen molar-refractivity contribution in [3.63, 3.8) is 0 Å². The van der Waals surface area contributed by atoms with Crippen molar-refractivity contribution in [2.24, 2.45) is 0 Å². The van der Waals surface area contributed by atoms with Crippen molar-refractivity contribution in [1.82, 2.24) is 15.0 Å². The predicted molar refractivity (Wildman–Crippen MR) is 95.8 cm³/mol. The third kappa shape index (κ3) is 3.50. The van der Waals surface area contributed by atoms with Gasteiger partial charge in [0.05, 0.1) is 5.69 Å². The zero-order valence-electron chi connectivity index (χ0n) is 15.5. The van der Waals surface area contributed by atoms with E-state index in [1.807, 2.05) is 23.1 Å². The summed E-state index contributed by atoms with van der Waals surface area (Å²) in [4.78, 5) is 16.2. The van der Waals surface area contributed by atoms with Gasteiger partial charge >= 0.3 is 5.97 Å². The van der Waals surface area contributed by atoms with E-state index in [4.69, 9.17) is 14.0 Å². The fourth-order valence-electron chi connectivity index (χ4n) is 3.82. The van der Waals surface area contributed by atoms with Gasteiger partial charge < -0.3 is 19.1 Å². The molecule has 144 valence electrons. The molecule has 1 saturated heterocycles. The monoisotopic (exact) mass is 373 g/mol. The van der Waals surface area contributed by atoms with Crippen LogP contribution in [0.3, 0.4) is 0 Å². The van der Waals surface area contributed by atoms with E-state index in [0.29, 0.717) is 30.1 Å². The summed E-state index contributed by atoms with van der Waals surface area (Å²) in [6.07, 6.45) is 0. The van der Waals surface area contributed by atoms with Crippen LogP contribution in [0.1, 0.15) is 28.6 Å². The second-order valence-corrected chi connectivity index (χ2v) is 6.98. The lowest BCUT2D eigenvalue weighted by Crippen LogP contribution is -2.49. The number of hydrogen-bond acceptors (Lipinski definition) is 7. The molecule has 0 aliphatic carbocycles. The van der Waals surface area contributed by atoms with Crippen LogP contribution in [-0.2, 0) is 11.3 Å². The standard InChI is InChI=1S/C19H23N3O5/c1-12-17(13(2)27-20-12)18(19(23)24)22-7-5-21(6-8-22)10-14-3-4-15-16(9-14)26-11-25-15/h3-4,9,18H,5-8,10-11H2,1-2H3,(H,23,24)/t18-/m0/s1. The number of aromatic nitrogens is 1. The van der Waals surface area contributed by atoms with Gasteiger partial charge in [0.2, 0.25) is 6.79 Å². The van der Waals surface area contributed by atoms with Crippen molar-refractivity contribution in [2.45, 2.75) is 26.4 Å². The minimum atomic E-state index is -0.867. The third-order valence-electron chi connectivity index (χ3n) is 5.21. The number of carboxylic acids is 1. The average Bonchev–Trinajstić information content (AvgIpc) is 3.24. The minimum absolute atomic E-state index is 0.274. The molecule has 0 saturated carbocycles. The first kappa shape index (κ1) is 17.8. The van der Waals surface area contributed by atoms with E-state index in [2.05, 4.69) is 10.1 Å². The third-order valence-corrected chi connectivity index (χ3v) is 5.21. The topological polar surface area (TPSA) is 88.3 Å². The van der Waals surface area contributed by atoms with E-state index in [1.54, 1.807) is 13.8 Å². The molecule has 1 N–H and O–H groups in total. The average molecular weight is 373 g/mol. The van der Waals surface area contributed by atoms with Crippen LogP contribution < -0.4 is 9.47 Å². The maximum atomic E-state index is 11.9. The van der Waals surface area contributed by atoms with Crippen molar-refractivity contribution >= 4 is 5.97 Å². The minimum Gasteiger partial charge on any atom is -0.480 e. The number of fused-ring (bicyclic) bond motifs is 1. The molecule has 1 fully saturated rings. The molecule has 3 heterocycles. The maximum absolute atomic E-state index is 11.9. The molecule has 0 radical (unpaired) electrons. The lowest BCUT2D eigenvalue weighted by Gasteiger charge is -2.37. The van der Waals surface area contributed by atoms with E-state index in [0.717, 1.165) is 36.7 Å². The van der Waals surface area contributed by atoms with Crippen LogP contribution in [0.2, 0.25) is 0 Å². The highest BCUT2D eigenvalue weighted by Crippen LogP contribution is 2.33. The molecule has 1 aromatic heterocycles. The summed E-state index contributed by atoms with van der Waals surface area (Å²) >= 11 is 0. The SMILES string of the molecule is Cc1noc(C)c1[C@@H](C(=O)O)N1CCN(Cc2ccc3c(c2)OCO3)CC1. The number of benzene rings is 1. The fourth-order valence-corrected chi connectivity index (χ4v) is 3.82. The van der Waals surface area contributed by atoms with E-state index < -0.39 is 12.0 Å². The van der Waals surface area contributed by atoms with Gasteiger partial charge in [-0.25, -0.2) is 0 Å². The summed E-state index contributed by atoms with van der Waals surface area (Å²) < 4.78 is 16.0. The van der Waals surface area contributed by atoms with Gasteiger partial charge in [-0.2, -0.15) is 0 Å². The Bertz CT molecular complexity index is 822. The molecule has 8 nitrogen and oxygen atoms in total. The van der Waals surface area contributed by atoms with Gasteiger partial charge in [0, 0.05) is 38.3 Å². The molecule has 4 rings (SSSR count). The Kier molecular flexibility index (Phi) is 4.75. The van der Waals surface area contributed by atoms with Gasteiger partial charge in [0.1, 0.15) is 11.8 Å². The molecule has 2 aromatic rings. The van der Waals surface area contributed by atoms with Gasteiger partial charge in [-0.3, -0.25) is 14.6 Å². The van der Waals surface area contributed by atoms with Gasteiger partial charge in [-0.15, -0.1) is 0 Å². The molecule has 1 atom stereocenters.